The molecule has 0 spiro atoms. The molecule has 0 aliphatic heterocycles. The number of benzene rings is 1. The van der Waals surface area contributed by atoms with E-state index in [9.17, 15) is 20.2 Å². The van der Waals surface area contributed by atoms with E-state index >= 15 is 0 Å². The van der Waals surface area contributed by atoms with Gasteiger partial charge in [-0.05, 0) is 19.1 Å². The number of nitro groups is 1. The lowest BCUT2D eigenvalue weighted by molar-refractivity contribution is -0.385. The van der Waals surface area contributed by atoms with Crippen LogP contribution in [0.25, 0.3) is 0 Å². The Hall–Kier alpha value is -2.83. The SMILES string of the molecule is CCOC(=O)c1sc(N)c(C#N)c1COc1ccc(Cl)cc1[N+](=O)[O-]. The first kappa shape index (κ1) is 18.5. The van der Waals surface area contributed by atoms with Gasteiger partial charge in [0.15, 0.2) is 5.75 Å². The Balaban J connectivity index is 2.37. The predicted octanol–water partition coefficient (Wildman–Crippen LogP) is 3.52. The maximum absolute atomic E-state index is 12.0. The molecular weight excluding hydrogens is 370 g/mol. The van der Waals surface area contributed by atoms with Crippen molar-refractivity contribution in [3.8, 4) is 11.8 Å². The molecule has 0 amide bonds. The molecule has 8 nitrogen and oxygen atoms in total. The summed E-state index contributed by atoms with van der Waals surface area (Å²) in [5.74, 6) is -0.678. The second-order valence-electron chi connectivity index (χ2n) is 4.64. The lowest BCUT2D eigenvalue weighted by Crippen LogP contribution is -2.08. The van der Waals surface area contributed by atoms with Crippen LogP contribution in [0.2, 0.25) is 5.02 Å². The summed E-state index contributed by atoms with van der Waals surface area (Å²) in [5.41, 5.74) is 5.75. The minimum atomic E-state index is -0.638. The highest BCUT2D eigenvalue weighted by Gasteiger charge is 2.24. The molecule has 0 aliphatic carbocycles. The van der Waals surface area contributed by atoms with Crippen molar-refractivity contribution in [1.82, 2.24) is 0 Å². The molecule has 130 valence electrons. The summed E-state index contributed by atoms with van der Waals surface area (Å²) in [6, 6.07) is 5.83. The minimum absolute atomic E-state index is 0.0436. The maximum atomic E-state index is 12.0. The van der Waals surface area contributed by atoms with Crippen molar-refractivity contribution >= 4 is 39.6 Å². The molecule has 0 atom stereocenters. The Morgan fingerprint density at radius 2 is 2.24 bits per heavy atom. The first-order valence-electron chi connectivity index (χ1n) is 6.94. The zero-order chi connectivity index (χ0) is 18.6. The number of nitrogens with zero attached hydrogens (tertiary/aromatic N) is 2. The fraction of sp³-hybridized carbons (Fsp3) is 0.200. The van der Waals surface area contributed by atoms with Crippen LogP contribution in [0.3, 0.4) is 0 Å². The van der Waals surface area contributed by atoms with Crippen molar-refractivity contribution in [1.29, 1.82) is 5.26 Å². The minimum Gasteiger partial charge on any atom is -0.482 e. The smallest absolute Gasteiger partial charge is 0.348 e. The number of nitrogens with two attached hydrogens (primary N) is 1. The van der Waals surface area contributed by atoms with E-state index in [2.05, 4.69) is 0 Å². The monoisotopic (exact) mass is 381 g/mol. The van der Waals surface area contributed by atoms with Crippen molar-refractivity contribution in [2.45, 2.75) is 13.5 Å². The molecule has 10 heteroatoms. The van der Waals surface area contributed by atoms with E-state index in [1.165, 1.54) is 12.1 Å². The first-order chi connectivity index (χ1) is 11.9. The Morgan fingerprint density at radius 3 is 2.84 bits per heavy atom. The van der Waals surface area contributed by atoms with E-state index in [1.54, 1.807) is 6.92 Å². The number of carbonyl (C=O) groups is 1. The number of carbonyl (C=O) groups excluding carboxylic acids is 1. The molecule has 25 heavy (non-hydrogen) atoms. The summed E-state index contributed by atoms with van der Waals surface area (Å²) in [7, 11) is 0. The van der Waals surface area contributed by atoms with Crippen LogP contribution in [-0.2, 0) is 11.3 Å². The van der Waals surface area contributed by atoms with Crippen LogP contribution in [0.15, 0.2) is 18.2 Å². The molecule has 0 saturated heterocycles. The Morgan fingerprint density at radius 1 is 1.52 bits per heavy atom. The summed E-state index contributed by atoms with van der Waals surface area (Å²) in [4.78, 5) is 22.6. The number of nitrogen functional groups attached to an aromatic ring is 1. The second kappa shape index (κ2) is 7.83. The molecule has 0 aliphatic rings. The van der Waals surface area contributed by atoms with Gasteiger partial charge in [-0.2, -0.15) is 5.26 Å². The molecule has 0 bridgehead atoms. The molecule has 0 saturated carbocycles. The number of hydrogen-bond donors (Lipinski definition) is 1. The van der Waals surface area contributed by atoms with Gasteiger partial charge in [-0.3, -0.25) is 10.1 Å². The van der Waals surface area contributed by atoms with Gasteiger partial charge in [0.1, 0.15) is 22.6 Å². The van der Waals surface area contributed by atoms with Crippen LogP contribution in [0.1, 0.15) is 27.7 Å². The largest absolute Gasteiger partial charge is 0.482 e. The number of rotatable bonds is 6. The van der Waals surface area contributed by atoms with Crippen molar-refractivity contribution in [2.24, 2.45) is 0 Å². The molecule has 2 rings (SSSR count). The van der Waals surface area contributed by atoms with Gasteiger partial charge in [-0.15, -0.1) is 11.3 Å². The average Bonchev–Trinajstić information content (AvgIpc) is 2.89. The molecule has 0 fully saturated rings. The van der Waals surface area contributed by atoms with Crippen molar-refractivity contribution < 1.29 is 19.2 Å². The zero-order valence-corrected chi connectivity index (χ0v) is 14.5. The van der Waals surface area contributed by atoms with Gasteiger partial charge in [0.25, 0.3) is 0 Å². The molecule has 0 radical (unpaired) electrons. The maximum Gasteiger partial charge on any atom is 0.348 e. The van der Waals surface area contributed by atoms with Crippen LogP contribution in [0, 0.1) is 21.4 Å². The number of nitro benzene ring substituents is 1. The van der Waals surface area contributed by atoms with E-state index in [1.807, 2.05) is 6.07 Å². The molecular formula is C15H12ClN3O5S. The summed E-state index contributed by atoms with van der Waals surface area (Å²) in [6.45, 7) is 1.54. The van der Waals surface area contributed by atoms with Crippen LogP contribution < -0.4 is 10.5 Å². The van der Waals surface area contributed by atoms with Gasteiger partial charge in [0.2, 0.25) is 0 Å². The molecule has 1 aromatic carbocycles. The van der Waals surface area contributed by atoms with E-state index < -0.39 is 10.9 Å². The molecule has 1 aromatic heterocycles. The lowest BCUT2D eigenvalue weighted by Gasteiger charge is -2.08. The van der Waals surface area contributed by atoms with E-state index in [-0.39, 0.29) is 50.7 Å². The van der Waals surface area contributed by atoms with Crippen LogP contribution in [-0.4, -0.2) is 17.5 Å². The quantitative estimate of drug-likeness (QED) is 0.460. The molecule has 2 N–H and O–H groups in total. The van der Waals surface area contributed by atoms with Crippen LogP contribution in [0.4, 0.5) is 10.7 Å². The Labute approximate surface area is 151 Å². The number of esters is 1. The summed E-state index contributed by atoms with van der Waals surface area (Å²) in [6.07, 6.45) is 0. The molecule has 1 heterocycles. The van der Waals surface area contributed by atoms with Gasteiger partial charge in [-0.1, -0.05) is 11.6 Å². The van der Waals surface area contributed by atoms with Crippen LogP contribution in [0.5, 0.6) is 5.75 Å². The van der Waals surface area contributed by atoms with Crippen molar-refractivity contribution in [2.75, 3.05) is 12.3 Å². The first-order valence-corrected chi connectivity index (χ1v) is 8.13. The van der Waals surface area contributed by atoms with Gasteiger partial charge in [0, 0.05) is 16.7 Å². The Bertz CT molecular complexity index is 875. The summed E-state index contributed by atoms with van der Waals surface area (Å²) < 4.78 is 10.4. The van der Waals surface area contributed by atoms with Crippen LogP contribution >= 0.6 is 22.9 Å². The van der Waals surface area contributed by atoms with E-state index in [0.29, 0.717) is 0 Å². The summed E-state index contributed by atoms with van der Waals surface area (Å²) >= 11 is 6.66. The van der Waals surface area contributed by atoms with Gasteiger partial charge in [-0.25, -0.2) is 4.79 Å². The fourth-order valence-corrected chi connectivity index (χ4v) is 3.10. The number of halogens is 1. The zero-order valence-electron chi connectivity index (χ0n) is 12.9. The summed E-state index contributed by atoms with van der Waals surface area (Å²) in [5, 5.41) is 20.7. The fourth-order valence-electron chi connectivity index (χ4n) is 2.01. The van der Waals surface area contributed by atoms with E-state index in [4.69, 9.17) is 26.8 Å². The second-order valence-corrected chi connectivity index (χ2v) is 6.13. The number of anilines is 1. The van der Waals surface area contributed by atoms with Gasteiger partial charge in [0.05, 0.1) is 17.1 Å². The number of hydrogen-bond acceptors (Lipinski definition) is 8. The van der Waals surface area contributed by atoms with Crippen molar-refractivity contribution in [3.05, 3.63) is 49.3 Å². The third-order valence-electron chi connectivity index (χ3n) is 3.10. The Kier molecular flexibility index (Phi) is 5.80. The lowest BCUT2D eigenvalue weighted by atomic mass is 10.1. The average molecular weight is 382 g/mol. The molecule has 0 unspecified atom stereocenters. The standard InChI is InChI=1S/C15H12ClN3O5S/c1-2-23-15(20)13-10(9(6-17)14(18)25-13)7-24-12-4-3-8(16)5-11(12)19(21)22/h3-5H,2,7,18H2,1H3. The van der Waals surface area contributed by atoms with Gasteiger partial charge < -0.3 is 15.2 Å². The third-order valence-corrected chi connectivity index (χ3v) is 4.37. The predicted molar refractivity (Wildman–Crippen MR) is 91.8 cm³/mol. The highest BCUT2D eigenvalue weighted by Crippen LogP contribution is 2.34. The number of thiophene rings is 1. The van der Waals surface area contributed by atoms with Crippen molar-refractivity contribution in [3.63, 3.8) is 0 Å². The van der Waals surface area contributed by atoms with Gasteiger partial charge >= 0.3 is 11.7 Å². The highest BCUT2D eigenvalue weighted by molar-refractivity contribution is 7.18. The highest BCUT2D eigenvalue weighted by atomic mass is 35.5. The van der Waals surface area contributed by atoms with E-state index in [0.717, 1.165) is 17.4 Å². The third kappa shape index (κ3) is 3.99. The normalized spacial score (nSPS) is 10.1. The number of ether oxygens (including phenoxy) is 2. The topological polar surface area (TPSA) is 128 Å². The number of nitriles is 1. The molecule has 2 aromatic rings.